The SMILES string of the molecule is Cc1c(-c2ccc(Cl)cc2Cl)nc2ccccc2c1C(=O)Nc1cccc(Cl)c1Cl. The minimum atomic E-state index is -0.318. The van der Waals surface area contributed by atoms with E-state index in [9.17, 15) is 4.79 Å². The van der Waals surface area contributed by atoms with Gasteiger partial charge in [-0.1, -0.05) is 70.7 Å². The van der Waals surface area contributed by atoms with Crippen LogP contribution < -0.4 is 5.32 Å². The van der Waals surface area contributed by atoms with Crippen molar-refractivity contribution in [3.8, 4) is 11.3 Å². The Kier molecular flexibility index (Phi) is 5.90. The molecule has 0 spiro atoms. The summed E-state index contributed by atoms with van der Waals surface area (Å²) in [6.45, 7) is 1.84. The van der Waals surface area contributed by atoms with Gasteiger partial charge in [0, 0.05) is 16.0 Å². The molecule has 4 rings (SSSR count). The fourth-order valence-electron chi connectivity index (χ4n) is 3.33. The molecule has 30 heavy (non-hydrogen) atoms. The molecule has 1 amide bonds. The summed E-state index contributed by atoms with van der Waals surface area (Å²) in [6.07, 6.45) is 0. The zero-order valence-electron chi connectivity index (χ0n) is 15.6. The van der Waals surface area contributed by atoms with Crippen LogP contribution in [0.1, 0.15) is 15.9 Å². The molecule has 1 aromatic heterocycles. The van der Waals surface area contributed by atoms with E-state index < -0.39 is 0 Å². The minimum Gasteiger partial charge on any atom is -0.321 e. The molecule has 0 radical (unpaired) electrons. The van der Waals surface area contributed by atoms with E-state index in [2.05, 4.69) is 5.32 Å². The second kappa shape index (κ2) is 8.44. The number of para-hydroxylation sites is 1. The largest absolute Gasteiger partial charge is 0.321 e. The molecule has 0 saturated heterocycles. The number of hydrogen-bond donors (Lipinski definition) is 1. The van der Waals surface area contributed by atoms with Crippen LogP contribution in [0.2, 0.25) is 20.1 Å². The molecule has 0 bridgehead atoms. The van der Waals surface area contributed by atoms with E-state index in [0.717, 1.165) is 5.39 Å². The van der Waals surface area contributed by atoms with Gasteiger partial charge in [-0.15, -0.1) is 0 Å². The lowest BCUT2D eigenvalue weighted by atomic mass is 9.97. The maximum atomic E-state index is 13.3. The summed E-state index contributed by atoms with van der Waals surface area (Å²) in [5.74, 6) is -0.318. The Morgan fingerprint density at radius 1 is 0.900 bits per heavy atom. The van der Waals surface area contributed by atoms with Gasteiger partial charge >= 0.3 is 0 Å². The van der Waals surface area contributed by atoms with Crippen LogP contribution in [0.15, 0.2) is 60.7 Å². The highest BCUT2D eigenvalue weighted by atomic mass is 35.5. The van der Waals surface area contributed by atoms with Gasteiger partial charge < -0.3 is 5.32 Å². The average molecular weight is 476 g/mol. The second-order valence-corrected chi connectivity index (χ2v) is 8.29. The van der Waals surface area contributed by atoms with Crippen LogP contribution >= 0.6 is 46.4 Å². The number of aromatic nitrogens is 1. The van der Waals surface area contributed by atoms with Gasteiger partial charge in [-0.25, -0.2) is 4.98 Å². The summed E-state index contributed by atoms with van der Waals surface area (Å²) in [7, 11) is 0. The first-order valence-corrected chi connectivity index (χ1v) is 10.5. The quantitative estimate of drug-likeness (QED) is 0.325. The lowest BCUT2D eigenvalue weighted by Gasteiger charge is -2.16. The van der Waals surface area contributed by atoms with Crippen LogP contribution in [0, 0.1) is 6.92 Å². The zero-order valence-corrected chi connectivity index (χ0v) is 18.7. The van der Waals surface area contributed by atoms with Crippen molar-refractivity contribution in [2.75, 3.05) is 5.32 Å². The van der Waals surface area contributed by atoms with Crippen LogP contribution in [0.5, 0.6) is 0 Å². The number of nitrogens with one attached hydrogen (secondary N) is 1. The maximum Gasteiger partial charge on any atom is 0.256 e. The summed E-state index contributed by atoms with van der Waals surface area (Å²) in [5.41, 5.74) is 3.58. The third-order valence-electron chi connectivity index (χ3n) is 4.75. The molecule has 3 nitrogen and oxygen atoms in total. The van der Waals surface area contributed by atoms with Gasteiger partial charge in [-0.2, -0.15) is 0 Å². The van der Waals surface area contributed by atoms with Crippen LogP contribution in [-0.2, 0) is 0 Å². The summed E-state index contributed by atoms with van der Waals surface area (Å²) >= 11 is 24.8. The topological polar surface area (TPSA) is 42.0 Å². The number of carbonyl (C=O) groups is 1. The van der Waals surface area contributed by atoms with Crippen molar-refractivity contribution in [3.63, 3.8) is 0 Å². The lowest BCUT2D eigenvalue weighted by molar-refractivity contribution is 0.102. The Balaban J connectivity index is 1.91. The van der Waals surface area contributed by atoms with Crippen molar-refractivity contribution in [3.05, 3.63) is 91.9 Å². The number of carbonyl (C=O) groups excluding carboxylic acids is 1. The first kappa shape index (κ1) is 21.0. The monoisotopic (exact) mass is 474 g/mol. The Morgan fingerprint density at radius 3 is 2.43 bits per heavy atom. The van der Waals surface area contributed by atoms with E-state index in [-0.39, 0.29) is 10.9 Å². The van der Waals surface area contributed by atoms with Crippen molar-refractivity contribution in [1.82, 2.24) is 4.98 Å². The van der Waals surface area contributed by atoms with Crippen molar-refractivity contribution in [1.29, 1.82) is 0 Å². The summed E-state index contributed by atoms with van der Waals surface area (Å²) in [5, 5.41) is 5.21. The molecule has 0 fully saturated rings. The molecule has 0 unspecified atom stereocenters. The smallest absolute Gasteiger partial charge is 0.256 e. The summed E-state index contributed by atoms with van der Waals surface area (Å²) < 4.78 is 0. The number of fused-ring (bicyclic) bond motifs is 1. The number of amides is 1. The highest BCUT2D eigenvalue weighted by molar-refractivity contribution is 6.44. The van der Waals surface area contributed by atoms with Crippen LogP contribution in [0.3, 0.4) is 0 Å². The first-order valence-electron chi connectivity index (χ1n) is 8.97. The molecule has 7 heteroatoms. The number of benzene rings is 3. The van der Waals surface area contributed by atoms with Crippen LogP contribution in [0.25, 0.3) is 22.2 Å². The van der Waals surface area contributed by atoms with Gasteiger partial charge in [0.15, 0.2) is 0 Å². The van der Waals surface area contributed by atoms with Gasteiger partial charge in [0.25, 0.3) is 5.91 Å². The van der Waals surface area contributed by atoms with E-state index >= 15 is 0 Å². The molecule has 0 aliphatic carbocycles. The standard InChI is InChI=1S/C23H14Cl4N2O/c1-12-20(23(30)29-19-8-4-6-16(25)21(19)27)15-5-2-3-7-18(15)28-22(12)14-10-9-13(24)11-17(14)26/h2-11H,1H3,(H,29,30). The molecule has 150 valence electrons. The zero-order chi connectivity index (χ0) is 21.4. The van der Waals surface area contributed by atoms with Crippen molar-refractivity contribution < 1.29 is 4.79 Å². The predicted octanol–water partition coefficient (Wildman–Crippen LogP) is 8.08. The van der Waals surface area contributed by atoms with E-state index in [1.807, 2.05) is 31.2 Å². The fourth-order valence-corrected chi connectivity index (χ4v) is 4.17. The van der Waals surface area contributed by atoms with Crippen molar-refractivity contribution in [2.24, 2.45) is 0 Å². The second-order valence-electron chi connectivity index (χ2n) is 6.66. The number of hydrogen-bond acceptors (Lipinski definition) is 2. The third kappa shape index (κ3) is 3.86. The molecule has 0 atom stereocenters. The molecule has 1 heterocycles. The Hall–Kier alpha value is -2.30. The minimum absolute atomic E-state index is 0.282. The molecular weight excluding hydrogens is 462 g/mol. The fraction of sp³-hybridized carbons (Fsp3) is 0.0435. The predicted molar refractivity (Wildman–Crippen MR) is 126 cm³/mol. The molecular formula is C23H14Cl4N2O. The third-order valence-corrected chi connectivity index (χ3v) is 6.12. The van der Waals surface area contributed by atoms with Gasteiger partial charge in [-0.05, 0) is 48.9 Å². The van der Waals surface area contributed by atoms with E-state index in [1.165, 1.54) is 0 Å². The normalized spacial score (nSPS) is 11.0. The summed E-state index contributed by atoms with van der Waals surface area (Å²) in [4.78, 5) is 18.1. The van der Waals surface area contributed by atoms with Gasteiger partial charge in [0.2, 0.25) is 0 Å². The maximum absolute atomic E-state index is 13.3. The highest BCUT2D eigenvalue weighted by Gasteiger charge is 2.21. The molecule has 0 aliphatic heterocycles. The first-order chi connectivity index (χ1) is 14.4. The number of pyridine rings is 1. The number of nitrogens with zero attached hydrogens (tertiary/aromatic N) is 1. The van der Waals surface area contributed by atoms with E-state index in [1.54, 1.807) is 36.4 Å². The molecule has 3 aromatic carbocycles. The van der Waals surface area contributed by atoms with E-state index in [0.29, 0.717) is 48.7 Å². The van der Waals surface area contributed by atoms with Crippen molar-refractivity contribution in [2.45, 2.75) is 6.92 Å². The molecule has 0 saturated carbocycles. The van der Waals surface area contributed by atoms with Crippen LogP contribution in [-0.4, -0.2) is 10.9 Å². The Bertz CT molecular complexity index is 1300. The number of rotatable bonds is 3. The molecule has 1 N–H and O–H groups in total. The number of halogens is 4. The van der Waals surface area contributed by atoms with Gasteiger partial charge in [0.05, 0.1) is 37.5 Å². The Labute approximate surface area is 193 Å². The molecule has 4 aromatic rings. The van der Waals surface area contributed by atoms with Gasteiger partial charge in [-0.3, -0.25) is 4.79 Å². The lowest BCUT2D eigenvalue weighted by Crippen LogP contribution is -2.15. The molecule has 0 aliphatic rings. The van der Waals surface area contributed by atoms with Crippen LogP contribution in [0.4, 0.5) is 5.69 Å². The Morgan fingerprint density at radius 2 is 1.67 bits per heavy atom. The van der Waals surface area contributed by atoms with Crippen molar-refractivity contribution >= 4 is 68.9 Å². The highest BCUT2D eigenvalue weighted by Crippen LogP contribution is 2.36. The number of anilines is 1. The average Bonchev–Trinajstić information content (AvgIpc) is 2.71. The van der Waals surface area contributed by atoms with E-state index in [4.69, 9.17) is 51.4 Å². The van der Waals surface area contributed by atoms with Gasteiger partial charge in [0.1, 0.15) is 0 Å². The summed E-state index contributed by atoms with van der Waals surface area (Å²) in [6, 6.07) is 17.7.